The number of hydrogen-bond donors (Lipinski definition) is 2. The molecule has 1 rings (SSSR count). The molecule has 0 amide bonds. The van der Waals surface area contributed by atoms with E-state index in [-0.39, 0.29) is 18.8 Å². The van der Waals surface area contributed by atoms with Crippen LogP contribution in [0.25, 0.3) is 0 Å². The smallest absolute Gasteiger partial charge is 0.227 e. The lowest BCUT2D eigenvalue weighted by molar-refractivity contribution is 0.375. The number of nitrogens with one attached hydrogen (secondary N) is 1. The third-order valence-corrected chi connectivity index (χ3v) is 3.03. The summed E-state index contributed by atoms with van der Waals surface area (Å²) in [5.41, 5.74) is 5.14. The summed E-state index contributed by atoms with van der Waals surface area (Å²) in [6.45, 7) is 2.05. The fraction of sp³-hybridized carbons (Fsp3) is 0.714. The van der Waals surface area contributed by atoms with Crippen molar-refractivity contribution in [1.82, 2.24) is 14.9 Å². The van der Waals surface area contributed by atoms with Crippen LogP contribution in [0.1, 0.15) is 11.7 Å². The third kappa shape index (κ3) is 4.36. The first kappa shape index (κ1) is 12.1. The van der Waals surface area contributed by atoms with Crippen molar-refractivity contribution >= 4 is 10.0 Å². The van der Waals surface area contributed by atoms with Crippen LogP contribution in [-0.4, -0.2) is 37.4 Å². The van der Waals surface area contributed by atoms with Gasteiger partial charge in [-0.3, -0.25) is 0 Å². The molecule has 1 aromatic heterocycles. The molecule has 0 spiro atoms. The molecule has 0 bridgehead atoms. The number of aromatic nitrogens is 2. The molecule has 0 aliphatic carbocycles. The van der Waals surface area contributed by atoms with Crippen molar-refractivity contribution in [3.8, 4) is 0 Å². The Kier molecular flexibility index (Phi) is 4.18. The average Bonchev–Trinajstić information content (AvgIpc) is 2.51. The van der Waals surface area contributed by atoms with Crippen molar-refractivity contribution in [1.29, 1.82) is 0 Å². The largest absolute Gasteiger partial charge is 0.339 e. The predicted molar refractivity (Wildman–Crippen MR) is 53.6 cm³/mol. The molecule has 0 radical (unpaired) electrons. The Morgan fingerprint density at radius 2 is 2.27 bits per heavy atom. The van der Waals surface area contributed by atoms with Gasteiger partial charge in [-0.05, 0) is 6.92 Å². The van der Waals surface area contributed by atoms with Crippen LogP contribution in [0, 0.1) is 6.92 Å². The maximum Gasteiger partial charge on any atom is 0.227 e. The predicted octanol–water partition coefficient (Wildman–Crippen LogP) is -1.20. The van der Waals surface area contributed by atoms with E-state index in [1.165, 1.54) is 0 Å². The van der Waals surface area contributed by atoms with Crippen molar-refractivity contribution in [3.05, 3.63) is 11.7 Å². The van der Waals surface area contributed by atoms with Crippen molar-refractivity contribution in [2.75, 3.05) is 18.8 Å². The number of aryl methyl sites for hydroxylation is 1. The summed E-state index contributed by atoms with van der Waals surface area (Å²) in [4.78, 5) is 3.94. The molecule has 15 heavy (non-hydrogen) atoms. The van der Waals surface area contributed by atoms with Gasteiger partial charge in [0.15, 0.2) is 5.82 Å². The first-order valence-corrected chi connectivity index (χ1v) is 6.15. The second-order valence-corrected chi connectivity index (χ2v) is 4.91. The van der Waals surface area contributed by atoms with Crippen LogP contribution in [-0.2, 0) is 16.4 Å². The van der Waals surface area contributed by atoms with Crippen molar-refractivity contribution in [2.45, 2.75) is 13.3 Å². The maximum atomic E-state index is 11.2. The molecule has 3 N–H and O–H groups in total. The van der Waals surface area contributed by atoms with Gasteiger partial charge in [0.25, 0.3) is 0 Å². The van der Waals surface area contributed by atoms with Crippen LogP contribution in [0.3, 0.4) is 0 Å². The van der Waals surface area contributed by atoms with Crippen molar-refractivity contribution in [2.24, 2.45) is 5.73 Å². The molecule has 8 heteroatoms. The topological polar surface area (TPSA) is 111 Å². The summed E-state index contributed by atoms with van der Waals surface area (Å²) in [6, 6.07) is 0. The SMILES string of the molecule is Cc1noc(CCNS(=O)(=O)CCN)n1. The second kappa shape index (κ2) is 5.19. The molecule has 1 aromatic rings. The minimum Gasteiger partial charge on any atom is -0.339 e. The Hall–Kier alpha value is -0.990. The van der Waals surface area contributed by atoms with E-state index < -0.39 is 10.0 Å². The van der Waals surface area contributed by atoms with Gasteiger partial charge in [0.05, 0.1) is 5.75 Å². The van der Waals surface area contributed by atoms with Crippen LogP contribution in [0.5, 0.6) is 0 Å². The first-order chi connectivity index (χ1) is 7.03. The van der Waals surface area contributed by atoms with Crippen LogP contribution in [0.4, 0.5) is 0 Å². The van der Waals surface area contributed by atoms with Crippen LogP contribution in [0.2, 0.25) is 0 Å². The minimum absolute atomic E-state index is 0.0736. The monoisotopic (exact) mass is 234 g/mol. The van der Waals surface area contributed by atoms with Crippen molar-refractivity contribution in [3.63, 3.8) is 0 Å². The van der Waals surface area contributed by atoms with Gasteiger partial charge >= 0.3 is 0 Å². The van der Waals surface area contributed by atoms with Gasteiger partial charge in [-0.15, -0.1) is 0 Å². The van der Waals surface area contributed by atoms with E-state index in [0.717, 1.165) is 0 Å². The van der Waals surface area contributed by atoms with E-state index in [1.807, 2.05) is 0 Å². The molecule has 0 atom stereocenters. The molecule has 0 aliphatic rings. The Labute approximate surface area is 88.1 Å². The van der Waals surface area contributed by atoms with Gasteiger partial charge < -0.3 is 10.3 Å². The number of rotatable bonds is 6. The van der Waals surface area contributed by atoms with Crippen LogP contribution in [0.15, 0.2) is 4.52 Å². The summed E-state index contributed by atoms with van der Waals surface area (Å²) in [6.07, 6.45) is 0.380. The summed E-state index contributed by atoms with van der Waals surface area (Å²) >= 11 is 0. The van der Waals surface area contributed by atoms with E-state index in [1.54, 1.807) is 6.92 Å². The normalized spacial score (nSPS) is 11.9. The molecule has 7 nitrogen and oxygen atoms in total. The second-order valence-electron chi connectivity index (χ2n) is 2.99. The fourth-order valence-electron chi connectivity index (χ4n) is 0.982. The zero-order chi connectivity index (χ0) is 11.3. The molecule has 0 fully saturated rings. The van der Waals surface area contributed by atoms with E-state index in [9.17, 15) is 8.42 Å². The molecule has 0 aliphatic heterocycles. The highest BCUT2D eigenvalue weighted by atomic mass is 32.2. The highest BCUT2D eigenvalue weighted by molar-refractivity contribution is 7.89. The van der Waals surface area contributed by atoms with Gasteiger partial charge in [-0.2, -0.15) is 4.98 Å². The molecular weight excluding hydrogens is 220 g/mol. The van der Waals surface area contributed by atoms with Gasteiger partial charge in [0, 0.05) is 19.5 Å². The standard InChI is InChI=1S/C7H14N4O3S/c1-6-10-7(14-11-6)2-4-9-15(12,13)5-3-8/h9H,2-5,8H2,1H3. The van der Waals surface area contributed by atoms with Gasteiger partial charge in [-0.1, -0.05) is 5.16 Å². The fourth-order valence-corrected chi connectivity index (χ4v) is 1.85. The zero-order valence-corrected chi connectivity index (χ0v) is 9.25. The first-order valence-electron chi connectivity index (χ1n) is 4.50. The quantitative estimate of drug-likeness (QED) is 0.639. The third-order valence-electron chi connectivity index (χ3n) is 1.62. The maximum absolute atomic E-state index is 11.2. The van der Waals surface area contributed by atoms with Gasteiger partial charge in [0.1, 0.15) is 0 Å². The highest BCUT2D eigenvalue weighted by Gasteiger charge is 2.09. The number of hydrogen-bond acceptors (Lipinski definition) is 6. The van der Waals surface area contributed by atoms with Crippen molar-refractivity contribution < 1.29 is 12.9 Å². The number of nitrogens with zero attached hydrogens (tertiary/aromatic N) is 2. The Morgan fingerprint density at radius 3 is 2.80 bits per heavy atom. The summed E-state index contributed by atoms with van der Waals surface area (Å²) < 4.78 is 29.5. The Balaban J connectivity index is 2.33. The lowest BCUT2D eigenvalue weighted by Gasteiger charge is -2.02. The number of sulfonamides is 1. The van der Waals surface area contributed by atoms with Crippen LogP contribution >= 0.6 is 0 Å². The minimum atomic E-state index is -3.26. The summed E-state index contributed by atoms with van der Waals surface area (Å²) in [5.74, 6) is 0.883. The highest BCUT2D eigenvalue weighted by Crippen LogP contribution is 1.96. The zero-order valence-electron chi connectivity index (χ0n) is 8.43. The lowest BCUT2D eigenvalue weighted by atomic mass is 10.4. The van der Waals surface area contributed by atoms with Crippen LogP contribution < -0.4 is 10.5 Å². The van der Waals surface area contributed by atoms with Gasteiger partial charge in [0.2, 0.25) is 15.9 Å². The molecule has 0 unspecified atom stereocenters. The lowest BCUT2D eigenvalue weighted by Crippen LogP contribution is -2.31. The molecular formula is C7H14N4O3S. The summed E-state index contributed by atoms with van der Waals surface area (Å²) in [5, 5.41) is 3.58. The van der Waals surface area contributed by atoms with E-state index in [0.29, 0.717) is 18.1 Å². The summed E-state index contributed by atoms with van der Waals surface area (Å²) in [7, 11) is -3.26. The molecule has 1 heterocycles. The molecule has 0 saturated heterocycles. The number of nitrogens with two attached hydrogens (primary N) is 1. The van der Waals surface area contributed by atoms with E-state index >= 15 is 0 Å². The van der Waals surface area contributed by atoms with Gasteiger partial charge in [-0.25, -0.2) is 13.1 Å². The van der Waals surface area contributed by atoms with E-state index in [4.69, 9.17) is 10.3 Å². The molecule has 0 saturated carbocycles. The van der Waals surface area contributed by atoms with E-state index in [2.05, 4.69) is 14.9 Å². The average molecular weight is 234 g/mol. The molecule has 86 valence electrons. The molecule has 0 aromatic carbocycles. The Morgan fingerprint density at radius 1 is 1.53 bits per heavy atom. The Bertz CT molecular complexity index is 400.